The molecule has 1 fully saturated rings. The molecule has 0 aromatic carbocycles. The maximum Gasteiger partial charge on any atom is 0.0634 e. The van der Waals surface area contributed by atoms with E-state index in [0.717, 1.165) is 41.5 Å². The summed E-state index contributed by atoms with van der Waals surface area (Å²) in [6.07, 6.45) is 16.4. The molecule has 2 heteroatoms. The summed E-state index contributed by atoms with van der Waals surface area (Å²) in [5.41, 5.74) is 7.25. The summed E-state index contributed by atoms with van der Waals surface area (Å²) in [7, 11) is 0. The molecule has 0 aromatic heterocycles. The summed E-state index contributed by atoms with van der Waals surface area (Å²) < 4.78 is 0. The Bertz CT molecular complexity index is 745. The van der Waals surface area contributed by atoms with Crippen molar-refractivity contribution >= 4 is 11.4 Å². The molecule has 0 aromatic rings. The SMILES string of the molecule is C=C/C(=C\N=C(C)C1CC(C)CC(C)C1)C1=CC2=C(CC=C1)CC(C)=N2. The molecule has 1 saturated carbocycles. The van der Waals surface area contributed by atoms with Crippen LogP contribution in [0.5, 0.6) is 0 Å². The van der Waals surface area contributed by atoms with Gasteiger partial charge in [-0.05, 0) is 80.1 Å². The van der Waals surface area contributed by atoms with Crippen LogP contribution in [0.25, 0.3) is 0 Å². The summed E-state index contributed by atoms with van der Waals surface area (Å²) in [5.74, 6) is 2.22. The van der Waals surface area contributed by atoms with E-state index in [-0.39, 0.29) is 0 Å². The van der Waals surface area contributed by atoms with Crippen molar-refractivity contribution in [3.8, 4) is 0 Å². The molecule has 3 aliphatic rings. The van der Waals surface area contributed by atoms with Gasteiger partial charge >= 0.3 is 0 Å². The smallest absolute Gasteiger partial charge is 0.0634 e. The van der Waals surface area contributed by atoms with Crippen molar-refractivity contribution in [3.63, 3.8) is 0 Å². The fourth-order valence-electron chi connectivity index (χ4n) is 4.55. The third-order valence-corrected chi connectivity index (χ3v) is 5.83. The summed E-state index contributed by atoms with van der Waals surface area (Å²) in [6, 6.07) is 0. The first kappa shape index (κ1) is 18.8. The van der Waals surface area contributed by atoms with Crippen molar-refractivity contribution in [1.82, 2.24) is 0 Å². The standard InChI is InChI=1S/C24H32N2/c1-6-20(15-25-19(5)23-11-16(2)10-17(3)12-23)21-8-7-9-22-13-18(4)26-24(22)14-21/h6-8,14-17,23H,1,9-13H2,2-5H3/b20-15+,25-19?. The van der Waals surface area contributed by atoms with Crippen molar-refractivity contribution < 1.29 is 0 Å². The van der Waals surface area contributed by atoms with E-state index in [4.69, 9.17) is 9.98 Å². The van der Waals surface area contributed by atoms with Crippen molar-refractivity contribution in [2.75, 3.05) is 0 Å². The maximum atomic E-state index is 4.85. The monoisotopic (exact) mass is 348 g/mol. The molecule has 0 bridgehead atoms. The van der Waals surface area contributed by atoms with Crippen LogP contribution >= 0.6 is 0 Å². The van der Waals surface area contributed by atoms with E-state index in [0.29, 0.717) is 5.92 Å². The first-order valence-electron chi connectivity index (χ1n) is 9.98. The normalized spacial score (nSPS) is 29.9. The lowest BCUT2D eigenvalue weighted by molar-refractivity contribution is 0.263. The molecule has 0 spiro atoms. The van der Waals surface area contributed by atoms with Crippen LogP contribution in [0.15, 0.2) is 69.5 Å². The summed E-state index contributed by atoms with van der Waals surface area (Å²) in [5, 5.41) is 0. The van der Waals surface area contributed by atoms with E-state index in [1.54, 1.807) is 0 Å². The van der Waals surface area contributed by atoms with Gasteiger partial charge in [0.1, 0.15) is 0 Å². The topological polar surface area (TPSA) is 24.7 Å². The number of hydrogen-bond acceptors (Lipinski definition) is 2. The Balaban J connectivity index is 1.82. The van der Waals surface area contributed by atoms with Crippen LogP contribution in [0.2, 0.25) is 0 Å². The highest BCUT2D eigenvalue weighted by atomic mass is 14.8. The Labute approximate surface area is 158 Å². The van der Waals surface area contributed by atoms with Crippen LogP contribution in [0, 0.1) is 17.8 Å². The minimum atomic E-state index is 0.617. The van der Waals surface area contributed by atoms with Gasteiger partial charge in [-0.3, -0.25) is 9.98 Å². The molecule has 0 saturated heterocycles. The number of aliphatic imine (C=N–C) groups is 2. The quantitative estimate of drug-likeness (QED) is 0.404. The second kappa shape index (κ2) is 8.16. The second-order valence-corrected chi connectivity index (χ2v) is 8.39. The Hall–Kier alpha value is -1.96. The van der Waals surface area contributed by atoms with Gasteiger partial charge in [0.25, 0.3) is 0 Å². The average molecular weight is 349 g/mol. The van der Waals surface area contributed by atoms with Gasteiger partial charge in [-0.1, -0.05) is 38.7 Å². The van der Waals surface area contributed by atoms with Crippen molar-refractivity contribution in [1.29, 1.82) is 0 Å². The largest absolute Gasteiger partial charge is 0.265 e. The van der Waals surface area contributed by atoms with E-state index in [1.165, 1.54) is 36.3 Å². The predicted molar refractivity (Wildman–Crippen MR) is 114 cm³/mol. The van der Waals surface area contributed by atoms with E-state index in [1.807, 2.05) is 12.3 Å². The third-order valence-electron chi connectivity index (χ3n) is 5.83. The van der Waals surface area contributed by atoms with Gasteiger partial charge in [-0.15, -0.1) is 0 Å². The molecule has 3 rings (SSSR count). The molecule has 138 valence electrons. The molecule has 0 amide bonds. The minimum Gasteiger partial charge on any atom is -0.265 e. The van der Waals surface area contributed by atoms with Gasteiger partial charge < -0.3 is 0 Å². The number of hydrogen-bond donors (Lipinski definition) is 0. The predicted octanol–water partition coefficient (Wildman–Crippen LogP) is 6.59. The van der Waals surface area contributed by atoms with Crippen molar-refractivity contribution in [3.05, 3.63) is 59.5 Å². The van der Waals surface area contributed by atoms with Gasteiger partial charge in [-0.2, -0.15) is 0 Å². The zero-order chi connectivity index (χ0) is 18.7. The highest BCUT2D eigenvalue weighted by Gasteiger charge is 2.25. The van der Waals surface area contributed by atoms with E-state index < -0.39 is 0 Å². The zero-order valence-electron chi connectivity index (χ0n) is 16.8. The van der Waals surface area contributed by atoms with Gasteiger partial charge in [0, 0.05) is 24.0 Å². The van der Waals surface area contributed by atoms with Gasteiger partial charge in [0.05, 0.1) is 5.70 Å². The van der Waals surface area contributed by atoms with E-state index in [2.05, 4.69) is 52.5 Å². The van der Waals surface area contributed by atoms with E-state index in [9.17, 15) is 0 Å². The second-order valence-electron chi connectivity index (χ2n) is 8.39. The molecule has 2 nitrogen and oxygen atoms in total. The highest BCUT2D eigenvalue weighted by molar-refractivity contribution is 5.89. The van der Waals surface area contributed by atoms with Crippen LogP contribution in [0.4, 0.5) is 0 Å². The lowest BCUT2D eigenvalue weighted by atomic mass is 9.75. The maximum absolute atomic E-state index is 4.85. The van der Waals surface area contributed by atoms with Gasteiger partial charge in [0.15, 0.2) is 0 Å². The van der Waals surface area contributed by atoms with Gasteiger partial charge in [-0.25, -0.2) is 0 Å². The lowest BCUT2D eigenvalue weighted by Gasteiger charge is -2.31. The summed E-state index contributed by atoms with van der Waals surface area (Å²) in [4.78, 5) is 9.56. The lowest BCUT2D eigenvalue weighted by Crippen LogP contribution is -2.24. The van der Waals surface area contributed by atoms with Crippen molar-refractivity contribution in [2.24, 2.45) is 27.7 Å². The number of nitrogens with zero attached hydrogens (tertiary/aromatic N) is 2. The van der Waals surface area contributed by atoms with Crippen LogP contribution in [-0.2, 0) is 0 Å². The number of allylic oxidation sites excluding steroid dienone is 7. The molecule has 0 radical (unpaired) electrons. The molecular weight excluding hydrogens is 316 g/mol. The molecule has 26 heavy (non-hydrogen) atoms. The Morgan fingerprint density at radius 2 is 1.96 bits per heavy atom. The highest BCUT2D eigenvalue weighted by Crippen LogP contribution is 2.34. The van der Waals surface area contributed by atoms with Gasteiger partial charge in [0.2, 0.25) is 0 Å². The Morgan fingerprint density at radius 3 is 2.65 bits per heavy atom. The fourth-order valence-corrected chi connectivity index (χ4v) is 4.55. The molecule has 2 atom stereocenters. The van der Waals surface area contributed by atoms with Crippen LogP contribution < -0.4 is 0 Å². The van der Waals surface area contributed by atoms with Crippen LogP contribution in [0.3, 0.4) is 0 Å². The Morgan fingerprint density at radius 1 is 1.23 bits per heavy atom. The first-order valence-corrected chi connectivity index (χ1v) is 9.98. The molecule has 2 unspecified atom stereocenters. The third kappa shape index (κ3) is 4.41. The number of rotatable bonds is 4. The van der Waals surface area contributed by atoms with E-state index >= 15 is 0 Å². The minimum absolute atomic E-state index is 0.617. The fraction of sp³-hybridized carbons (Fsp3) is 0.500. The molecule has 1 heterocycles. The molecule has 2 aliphatic carbocycles. The van der Waals surface area contributed by atoms with Crippen LogP contribution in [-0.4, -0.2) is 11.4 Å². The summed E-state index contributed by atoms with van der Waals surface area (Å²) in [6.45, 7) is 13.1. The molecule has 0 N–H and O–H groups in total. The Kier molecular flexibility index (Phi) is 5.90. The summed E-state index contributed by atoms with van der Waals surface area (Å²) >= 11 is 0. The molecular formula is C24H32N2. The molecule has 1 aliphatic heterocycles. The first-order chi connectivity index (χ1) is 12.5. The average Bonchev–Trinajstić information content (AvgIpc) is 2.82. The zero-order valence-corrected chi connectivity index (χ0v) is 16.8. The van der Waals surface area contributed by atoms with Crippen LogP contribution in [0.1, 0.15) is 59.8 Å². The van der Waals surface area contributed by atoms with Crippen molar-refractivity contribution in [2.45, 2.75) is 59.8 Å².